The van der Waals surface area contributed by atoms with E-state index >= 15 is 0 Å². The molecule has 1 aromatic carbocycles. The summed E-state index contributed by atoms with van der Waals surface area (Å²) in [7, 11) is 0. The molecular formula is C12H19ClN2O2. The second kappa shape index (κ2) is 7.25. The lowest BCUT2D eigenvalue weighted by atomic mass is 10.00. The predicted octanol–water partition coefficient (Wildman–Crippen LogP) is 3.52. The van der Waals surface area contributed by atoms with Crippen LogP contribution in [0.2, 0.25) is 0 Å². The highest BCUT2D eigenvalue weighted by atomic mass is 35.5. The van der Waals surface area contributed by atoms with Gasteiger partial charge in [0, 0.05) is 17.7 Å². The Labute approximate surface area is 108 Å². The van der Waals surface area contributed by atoms with Gasteiger partial charge in [-0.15, -0.1) is 12.4 Å². The molecule has 0 aliphatic carbocycles. The average molecular weight is 259 g/mol. The molecule has 0 aliphatic rings. The van der Waals surface area contributed by atoms with Crippen molar-refractivity contribution in [3.8, 4) is 0 Å². The zero-order valence-corrected chi connectivity index (χ0v) is 11.0. The van der Waals surface area contributed by atoms with Crippen molar-refractivity contribution in [2.75, 3.05) is 0 Å². The number of nitro benzene ring substituents is 1. The van der Waals surface area contributed by atoms with Gasteiger partial charge < -0.3 is 5.73 Å². The predicted molar refractivity (Wildman–Crippen MR) is 71.5 cm³/mol. The Hall–Kier alpha value is -1.13. The third-order valence-electron chi connectivity index (χ3n) is 2.73. The normalized spacial score (nSPS) is 11.7. The van der Waals surface area contributed by atoms with Gasteiger partial charge in [0.05, 0.1) is 4.92 Å². The molecule has 0 spiro atoms. The minimum Gasteiger partial charge on any atom is -0.324 e. The number of nitro groups is 1. The van der Waals surface area contributed by atoms with Gasteiger partial charge in [-0.2, -0.15) is 0 Å². The quantitative estimate of drug-likeness (QED) is 0.649. The molecule has 0 unspecified atom stereocenters. The first-order valence-electron chi connectivity index (χ1n) is 5.56. The van der Waals surface area contributed by atoms with Crippen molar-refractivity contribution in [1.29, 1.82) is 0 Å². The van der Waals surface area contributed by atoms with Crippen LogP contribution in [0, 0.1) is 17.0 Å². The van der Waals surface area contributed by atoms with Crippen molar-refractivity contribution in [2.45, 2.75) is 39.2 Å². The number of nitrogens with zero attached hydrogens (tertiary/aromatic N) is 1. The van der Waals surface area contributed by atoms with E-state index < -0.39 is 0 Å². The van der Waals surface area contributed by atoms with Crippen molar-refractivity contribution in [2.24, 2.45) is 5.73 Å². The molecule has 0 saturated heterocycles. The van der Waals surface area contributed by atoms with Crippen LogP contribution < -0.4 is 5.73 Å². The molecule has 0 bridgehead atoms. The fourth-order valence-corrected chi connectivity index (χ4v) is 1.64. The summed E-state index contributed by atoms with van der Waals surface area (Å²) in [6.07, 6.45) is 3.00. The van der Waals surface area contributed by atoms with Crippen LogP contribution in [0.5, 0.6) is 0 Å². The highest BCUT2D eigenvalue weighted by molar-refractivity contribution is 5.85. The summed E-state index contributed by atoms with van der Waals surface area (Å²) >= 11 is 0. The van der Waals surface area contributed by atoms with E-state index in [1.165, 1.54) is 0 Å². The van der Waals surface area contributed by atoms with E-state index in [1.807, 2.05) is 6.07 Å². The van der Waals surface area contributed by atoms with Crippen LogP contribution in [-0.4, -0.2) is 4.92 Å². The number of hydrogen-bond donors (Lipinski definition) is 1. The summed E-state index contributed by atoms with van der Waals surface area (Å²) in [4.78, 5) is 10.4. The number of aryl methyl sites for hydroxylation is 1. The van der Waals surface area contributed by atoms with E-state index in [0.29, 0.717) is 5.56 Å². The van der Waals surface area contributed by atoms with Gasteiger partial charge in [-0.05, 0) is 18.9 Å². The molecule has 17 heavy (non-hydrogen) atoms. The summed E-state index contributed by atoms with van der Waals surface area (Å²) in [5.41, 5.74) is 7.66. The number of rotatable bonds is 5. The van der Waals surface area contributed by atoms with Crippen molar-refractivity contribution in [3.05, 3.63) is 39.4 Å². The Bertz CT molecular complexity index is 383. The van der Waals surface area contributed by atoms with Crippen molar-refractivity contribution < 1.29 is 4.92 Å². The molecule has 2 N–H and O–H groups in total. The number of unbranched alkanes of at least 4 members (excludes halogenated alkanes) is 1. The summed E-state index contributed by atoms with van der Waals surface area (Å²) in [6.45, 7) is 3.84. The van der Waals surface area contributed by atoms with Gasteiger partial charge in [-0.25, -0.2) is 0 Å². The second-order valence-electron chi connectivity index (χ2n) is 4.05. The molecular weight excluding hydrogens is 240 g/mol. The molecule has 96 valence electrons. The fraction of sp³-hybridized carbons (Fsp3) is 0.500. The van der Waals surface area contributed by atoms with E-state index in [1.54, 1.807) is 19.1 Å². The van der Waals surface area contributed by atoms with Crippen molar-refractivity contribution in [1.82, 2.24) is 0 Å². The fourth-order valence-electron chi connectivity index (χ4n) is 1.64. The minimum absolute atomic E-state index is 0. The maximum absolute atomic E-state index is 10.8. The van der Waals surface area contributed by atoms with E-state index in [4.69, 9.17) is 5.73 Å². The molecule has 0 aliphatic heterocycles. The van der Waals surface area contributed by atoms with Gasteiger partial charge in [0.2, 0.25) is 0 Å². The molecule has 4 nitrogen and oxygen atoms in total. The summed E-state index contributed by atoms with van der Waals surface area (Å²) < 4.78 is 0. The van der Waals surface area contributed by atoms with Crippen molar-refractivity contribution in [3.63, 3.8) is 0 Å². The van der Waals surface area contributed by atoms with Crippen LogP contribution in [0.4, 0.5) is 5.69 Å². The first-order chi connectivity index (χ1) is 7.56. The van der Waals surface area contributed by atoms with Gasteiger partial charge >= 0.3 is 0 Å². The molecule has 0 fully saturated rings. The Morgan fingerprint density at radius 2 is 2.12 bits per heavy atom. The van der Waals surface area contributed by atoms with Crippen LogP contribution in [0.1, 0.15) is 43.4 Å². The van der Waals surface area contributed by atoms with Crippen LogP contribution in [0.25, 0.3) is 0 Å². The molecule has 1 rings (SSSR count). The van der Waals surface area contributed by atoms with Crippen LogP contribution >= 0.6 is 12.4 Å². The van der Waals surface area contributed by atoms with Gasteiger partial charge in [0.1, 0.15) is 0 Å². The largest absolute Gasteiger partial charge is 0.324 e. The number of nitrogens with two attached hydrogens (primary N) is 1. The molecule has 0 aromatic heterocycles. The number of benzene rings is 1. The third-order valence-corrected chi connectivity index (χ3v) is 2.73. The maximum Gasteiger partial charge on any atom is 0.272 e. The van der Waals surface area contributed by atoms with Crippen LogP contribution in [0.15, 0.2) is 18.2 Å². The van der Waals surface area contributed by atoms with Crippen LogP contribution in [-0.2, 0) is 0 Å². The smallest absolute Gasteiger partial charge is 0.272 e. The lowest BCUT2D eigenvalue weighted by molar-refractivity contribution is -0.385. The molecule has 0 amide bonds. The molecule has 0 heterocycles. The minimum atomic E-state index is -0.356. The molecule has 1 atom stereocenters. The lowest BCUT2D eigenvalue weighted by Gasteiger charge is -2.11. The molecule has 1 aromatic rings. The first-order valence-corrected chi connectivity index (χ1v) is 5.56. The third kappa shape index (κ3) is 4.32. The summed E-state index contributed by atoms with van der Waals surface area (Å²) in [6, 6.07) is 5.14. The standard InChI is InChI=1S/C12H18N2O2.ClH/c1-3-4-5-11(13)10-7-6-9(2)12(8-10)14(15)16;/h6-8,11H,3-5,13H2,1-2H3;1H/t11-;/m1./s1. The van der Waals surface area contributed by atoms with Gasteiger partial charge in [-0.1, -0.05) is 31.9 Å². The summed E-state index contributed by atoms with van der Waals surface area (Å²) in [5, 5.41) is 10.8. The SMILES string of the molecule is CCCC[C@@H](N)c1ccc(C)c([N+](=O)[O-])c1.Cl. The Balaban J connectivity index is 0.00000256. The number of halogens is 1. The van der Waals surface area contributed by atoms with Crippen molar-refractivity contribution >= 4 is 18.1 Å². The molecule has 0 saturated carbocycles. The highest BCUT2D eigenvalue weighted by Crippen LogP contribution is 2.24. The highest BCUT2D eigenvalue weighted by Gasteiger charge is 2.14. The lowest BCUT2D eigenvalue weighted by Crippen LogP contribution is -2.10. The van der Waals surface area contributed by atoms with E-state index in [2.05, 4.69) is 6.92 Å². The average Bonchev–Trinajstić information content (AvgIpc) is 2.26. The summed E-state index contributed by atoms with van der Waals surface area (Å²) in [5.74, 6) is 0. The Morgan fingerprint density at radius 1 is 1.47 bits per heavy atom. The van der Waals surface area contributed by atoms with Gasteiger partial charge in [-0.3, -0.25) is 10.1 Å². The Kier molecular flexibility index (Phi) is 6.76. The van der Waals surface area contributed by atoms with E-state index in [-0.39, 0.29) is 29.1 Å². The topological polar surface area (TPSA) is 69.2 Å². The first kappa shape index (κ1) is 15.9. The van der Waals surface area contributed by atoms with E-state index in [9.17, 15) is 10.1 Å². The Morgan fingerprint density at radius 3 is 2.65 bits per heavy atom. The second-order valence-corrected chi connectivity index (χ2v) is 4.05. The van der Waals surface area contributed by atoms with Crippen LogP contribution in [0.3, 0.4) is 0 Å². The van der Waals surface area contributed by atoms with Gasteiger partial charge in [0.25, 0.3) is 5.69 Å². The van der Waals surface area contributed by atoms with E-state index in [0.717, 1.165) is 24.8 Å². The molecule has 0 radical (unpaired) electrons. The monoisotopic (exact) mass is 258 g/mol. The number of hydrogen-bond acceptors (Lipinski definition) is 3. The molecule has 5 heteroatoms. The maximum atomic E-state index is 10.8. The zero-order valence-electron chi connectivity index (χ0n) is 10.2. The zero-order chi connectivity index (χ0) is 12.1. The van der Waals surface area contributed by atoms with Gasteiger partial charge in [0.15, 0.2) is 0 Å².